The summed E-state index contributed by atoms with van der Waals surface area (Å²) < 4.78 is 1.84. The maximum atomic E-state index is 13.0. The minimum atomic E-state index is -0.394. The van der Waals surface area contributed by atoms with E-state index in [2.05, 4.69) is 10.4 Å². The molecule has 0 radical (unpaired) electrons. The predicted molar refractivity (Wildman–Crippen MR) is 125 cm³/mol. The number of hydrogen-bond donors (Lipinski definition) is 1. The molecule has 4 rings (SSSR count). The molecule has 31 heavy (non-hydrogen) atoms. The molecule has 2 amide bonds. The average Bonchev–Trinajstić information content (AvgIpc) is 3.29. The largest absolute Gasteiger partial charge is 0.323 e. The van der Waals surface area contributed by atoms with Crippen molar-refractivity contribution >= 4 is 35.0 Å². The topological polar surface area (TPSA) is 67.2 Å². The summed E-state index contributed by atoms with van der Waals surface area (Å²) >= 11 is 1.66. The highest BCUT2D eigenvalue weighted by atomic mass is 32.2. The number of benzene rings is 2. The molecule has 1 N–H and O–H groups in total. The Balaban J connectivity index is 1.49. The smallest absolute Gasteiger partial charge is 0.229 e. The number of carbonyl (C=O) groups excluding carboxylic acids is 2. The van der Waals surface area contributed by atoms with Crippen LogP contribution in [0.15, 0.2) is 53.4 Å². The monoisotopic (exact) mass is 434 g/mol. The van der Waals surface area contributed by atoms with Gasteiger partial charge in [-0.3, -0.25) is 9.59 Å². The Labute approximate surface area is 186 Å². The number of nitrogens with zero attached hydrogens (tertiary/aromatic N) is 3. The van der Waals surface area contributed by atoms with Crippen LogP contribution in [0.5, 0.6) is 0 Å². The van der Waals surface area contributed by atoms with Crippen LogP contribution in [0.25, 0.3) is 5.69 Å². The van der Waals surface area contributed by atoms with Crippen molar-refractivity contribution in [2.75, 3.05) is 23.0 Å². The summed E-state index contributed by atoms with van der Waals surface area (Å²) in [6.45, 7) is 6.25. The van der Waals surface area contributed by atoms with E-state index in [0.29, 0.717) is 12.2 Å². The average molecular weight is 435 g/mol. The molecule has 2 heterocycles. The van der Waals surface area contributed by atoms with Crippen molar-refractivity contribution in [1.29, 1.82) is 0 Å². The molecule has 0 saturated carbocycles. The van der Waals surface area contributed by atoms with Gasteiger partial charge in [-0.15, -0.1) is 11.8 Å². The predicted octanol–water partition coefficient (Wildman–Crippen LogP) is 4.51. The van der Waals surface area contributed by atoms with Crippen molar-refractivity contribution in [2.45, 2.75) is 32.1 Å². The van der Waals surface area contributed by atoms with Gasteiger partial charge in [0.2, 0.25) is 11.8 Å². The lowest BCUT2D eigenvalue weighted by Crippen LogP contribution is -2.28. The summed E-state index contributed by atoms with van der Waals surface area (Å²) in [7, 11) is 0. The van der Waals surface area contributed by atoms with E-state index in [1.165, 1.54) is 5.56 Å². The maximum absolute atomic E-state index is 13.0. The summed E-state index contributed by atoms with van der Waals surface area (Å²) in [5, 5.41) is 7.63. The molecule has 3 aromatic rings. The third-order valence-corrected chi connectivity index (χ3v) is 6.44. The first-order chi connectivity index (χ1) is 14.9. The Morgan fingerprint density at radius 2 is 1.68 bits per heavy atom. The van der Waals surface area contributed by atoms with Crippen LogP contribution in [-0.4, -0.2) is 34.4 Å². The molecule has 1 atom stereocenters. The van der Waals surface area contributed by atoms with E-state index in [9.17, 15) is 9.59 Å². The third-order valence-electron chi connectivity index (χ3n) is 5.70. The highest BCUT2D eigenvalue weighted by Crippen LogP contribution is 2.29. The number of aromatic nitrogens is 2. The molecular weight excluding hydrogens is 408 g/mol. The van der Waals surface area contributed by atoms with Gasteiger partial charge in [0.1, 0.15) is 0 Å². The Kier molecular flexibility index (Phi) is 5.87. The number of anilines is 2. The molecule has 1 unspecified atom stereocenters. The van der Waals surface area contributed by atoms with E-state index >= 15 is 0 Å². The van der Waals surface area contributed by atoms with Crippen LogP contribution in [0.1, 0.15) is 23.4 Å². The van der Waals surface area contributed by atoms with Crippen molar-refractivity contribution in [2.24, 2.45) is 5.92 Å². The lowest BCUT2D eigenvalue weighted by Gasteiger charge is -2.17. The normalized spacial score (nSPS) is 16.1. The van der Waals surface area contributed by atoms with Crippen molar-refractivity contribution in [3.63, 3.8) is 0 Å². The number of carbonyl (C=O) groups is 2. The number of rotatable bonds is 5. The summed E-state index contributed by atoms with van der Waals surface area (Å²) in [5.41, 5.74) is 5.28. The minimum Gasteiger partial charge on any atom is -0.323 e. The highest BCUT2D eigenvalue weighted by Gasteiger charge is 2.35. The van der Waals surface area contributed by atoms with Gasteiger partial charge in [-0.05, 0) is 63.4 Å². The zero-order chi connectivity index (χ0) is 22.1. The fraction of sp³-hybridized carbons (Fsp3) is 0.292. The number of aryl methyl sites for hydroxylation is 2. The van der Waals surface area contributed by atoms with Crippen molar-refractivity contribution in [3.8, 4) is 5.69 Å². The van der Waals surface area contributed by atoms with Gasteiger partial charge in [-0.25, -0.2) is 4.68 Å². The molecule has 1 fully saturated rings. The molecular formula is C24H26N4O2S. The van der Waals surface area contributed by atoms with E-state index in [1.54, 1.807) is 16.7 Å². The molecule has 2 aromatic carbocycles. The van der Waals surface area contributed by atoms with Gasteiger partial charge in [0.25, 0.3) is 0 Å². The van der Waals surface area contributed by atoms with Gasteiger partial charge in [0, 0.05) is 23.5 Å². The molecule has 160 valence electrons. The van der Waals surface area contributed by atoms with Crippen molar-refractivity contribution in [3.05, 3.63) is 65.5 Å². The molecule has 1 saturated heterocycles. The van der Waals surface area contributed by atoms with Crippen LogP contribution in [0.3, 0.4) is 0 Å². The highest BCUT2D eigenvalue weighted by molar-refractivity contribution is 7.98. The first-order valence-electron chi connectivity index (χ1n) is 10.3. The molecule has 7 heteroatoms. The minimum absolute atomic E-state index is 0.0270. The van der Waals surface area contributed by atoms with E-state index in [-0.39, 0.29) is 18.2 Å². The molecule has 0 bridgehead atoms. The molecule has 1 aliphatic heterocycles. The van der Waals surface area contributed by atoms with E-state index in [0.717, 1.165) is 27.7 Å². The van der Waals surface area contributed by atoms with Crippen molar-refractivity contribution in [1.82, 2.24) is 9.78 Å². The molecule has 0 spiro atoms. The van der Waals surface area contributed by atoms with Gasteiger partial charge < -0.3 is 10.2 Å². The summed E-state index contributed by atoms with van der Waals surface area (Å²) in [6, 6.07) is 15.9. The summed E-state index contributed by atoms with van der Waals surface area (Å²) in [6.07, 6.45) is 2.22. The zero-order valence-electron chi connectivity index (χ0n) is 18.2. The maximum Gasteiger partial charge on any atom is 0.229 e. The number of nitrogens with one attached hydrogen (secondary N) is 1. The fourth-order valence-corrected chi connectivity index (χ4v) is 4.29. The van der Waals surface area contributed by atoms with Crippen LogP contribution in [-0.2, 0) is 9.59 Å². The van der Waals surface area contributed by atoms with Gasteiger partial charge in [0.15, 0.2) is 0 Å². The lowest BCUT2D eigenvalue weighted by molar-refractivity contribution is -0.122. The van der Waals surface area contributed by atoms with Crippen LogP contribution < -0.4 is 10.2 Å². The van der Waals surface area contributed by atoms with Crippen LogP contribution >= 0.6 is 11.8 Å². The Morgan fingerprint density at radius 3 is 2.32 bits per heavy atom. The van der Waals surface area contributed by atoms with Crippen molar-refractivity contribution < 1.29 is 9.59 Å². The van der Waals surface area contributed by atoms with Gasteiger partial charge >= 0.3 is 0 Å². The SMILES string of the molecule is CSc1ccc(N2CC(C(=O)Nc3c(C)nn(-c4ccc(C)cc4)c3C)CC2=O)cc1. The standard InChI is InChI=1S/C24H26N4O2S/c1-15-5-7-20(8-6-15)28-17(3)23(16(2)26-28)25-24(30)18-13-22(29)27(14-18)19-9-11-21(31-4)12-10-19/h5-12,18H,13-14H2,1-4H3,(H,25,30). The van der Waals surface area contributed by atoms with Gasteiger partial charge in [-0.2, -0.15) is 5.10 Å². The number of hydrogen-bond acceptors (Lipinski definition) is 4. The van der Waals surface area contributed by atoms with E-state index in [1.807, 2.05) is 80.2 Å². The fourth-order valence-electron chi connectivity index (χ4n) is 3.88. The molecule has 0 aliphatic carbocycles. The first-order valence-corrected chi connectivity index (χ1v) is 11.5. The second-order valence-electron chi connectivity index (χ2n) is 7.89. The molecule has 1 aromatic heterocycles. The number of thioether (sulfide) groups is 1. The zero-order valence-corrected chi connectivity index (χ0v) is 19.0. The summed E-state index contributed by atoms with van der Waals surface area (Å²) in [4.78, 5) is 28.4. The second-order valence-corrected chi connectivity index (χ2v) is 8.77. The van der Waals surface area contributed by atoms with E-state index in [4.69, 9.17) is 0 Å². The quantitative estimate of drug-likeness (QED) is 0.600. The van der Waals surface area contributed by atoms with Crippen LogP contribution in [0.2, 0.25) is 0 Å². The summed E-state index contributed by atoms with van der Waals surface area (Å²) in [5.74, 6) is -0.568. The van der Waals surface area contributed by atoms with Gasteiger partial charge in [-0.1, -0.05) is 17.7 Å². The molecule has 1 aliphatic rings. The third kappa shape index (κ3) is 4.23. The lowest BCUT2D eigenvalue weighted by atomic mass is 10.1. The first kappa shape index (κ1) is 21.2. The van der Waals surface area contributed by atoms with Crippen LogP contribution in [0, 0.1) is 26.7 Å². The Morgan fingerprint density at radius 1 is 1.03 bits per heavy atom. The Bertz CT molecular complexity index is 1120. The van der Waals surface area contributed by atoms with E-state index < -0.39 is 5.92 Å². The molecule has 6 nitrogen and oxygen atoms in total. The van der Waals surface area contributed by atoms with Gasteiger partial charge in [0.05, 0.1) is 28.7 Å². The second kappa shape index (κ2) is 8.59. The Hall–Kier alpha value is -3.06. The van der Waals surface area contributed by atoms with Crippen LogP contribution in [0.4, 0.5) is 11.4 Å². The number of amides is 2.